The van der Waals surface area contributed by atoms with Gasteiger partial charge in [-0.25, -0.2) is 0 Å². The summed E-state index contributed by atoms with van der Waals surface area (Å²) in [6, 6.07) is 58.5. The van der Waals surface area contributed by atoms with Gasteiger partial charge in [0, 0.05) is 28.4 Å². The molecule has 0 radical (unpaired) electrons. The Labute approximate surface area is 230 Å². The van der Waals surface area contributed by atoms with Gasteiger partial charge in [-0.05, 0) is 82.9 Å². The maximum atomic E-state index is 2.48. The third-order valence-corrected chi connectivity index (χ3v) is 7.49. The van der Waals surface area contributed by atoms with E-state index in [1.807, 2.05) is 0 Å². The molecule has 2 nitrogen and oxygen atoms in total. The lowest BCUT2D eigenvalue weighted by atomic mass is 10.00. The summed E-state index contributed by atoms with van der Waals surface area (Å²) in [5.41, 5.74) is 11.0. The molecule has 0 fully saturated rings. The van der Waals surface area contributed by atoms with Crippen molar-refractivity contribution in [3.8, 4) is 11.1 Å². The predicted octanol–water partition coefficient (Wildman–Crippen LogP) is 10.1. The van der Waals surface area contributed by atoms with Crippen molar-refractivity contribution in [3.63, 3.8) is 0 Å². The molecule has 1 aliphatic carbocycles. The van der Waals surface area contributed by atoms with E-state index in [4.69, 9.17) is 0 Å². The second kappa shape index (κ2) is 10.00. The van der Waals surface area contributed by atoms with Gasteiger partial charge in [-0.2, -0.15) is 0 Å². The van der Waals surface area contributed by atoms with Crippen LogP contribution in [0.2, 0.25) is 0 Å². The number of para-hydroxylation sites is 4. The third-order valence-electron chi connectivity index (χ3n) is 7.49. The first-order valence-corrected chi connectivity index (χ1v) is 13.4. The molecule has 0 spiro atoms. The molecule has 0 N–H and O–H groups in total. The van der Waals surface area contributed by atoms with Crippen molar-refractivity contribution in [1.29, 1.82) is 0 Å². The Morgan fingerprint density at radius 3 is 1.31 bits per heavy atom. The minimum absolute atomic E-state index is 0.0364. The quantitative estimate of drug-likeness (QED) is 0.224. The Morgan fingerprint density at radius 2 is 0.769 bits per heavy atom. The molecule has 6 aromatic rings. The molecule has 0 bridgehead atoms. The number of anilines is 5. The Morgan fingerprint density at radius 1 is 0.333 bits per heavy atom. The van der Waals surface area contributed by atoms with Crippen molar-refractivity contribution >= 4 is 28.4 Å². The van der Waals surface area contributed by atoms with Gasteiger partial charge in [0.25, 0.3) is 0 Å². The molecule has 1 unspecified atom stereocenters. The zero-order valence-electron chi connectivity index (χ0n) is 21.6. The molecule has 0 heterocycles. The van der Waals surface area contributed by atoms with Crippen molar-refractivity contribution in [1.82, 2.24) is 0 Å². The van der Waals surface area contributed by atoms with Crippen LogP contribution in [0.25, 0.3) is 11.1 Å². The highest BCUT2D eigenvalue weighted by Gasteiger charge is 2.34. The zero-order chi connectivity index (χ0) is 26.0. The van der Waals surface area contributed by atoms with Gasteiger partial charge in [-0.1, -0.05) is 103 Å². The summed E-state index contributed by atoms with van der Waals surface area (Å²) in [5.74, 6) is 0. The molecule has 0 saturated heterocycles. The SMILES string of the molecule is c1ccc(N(c2ccccc2)c2ccc3c(c2)C(N(c2ccccc2)c2ccccc2)c2ccccc2-3)cc1. The average molecular weight is 501 g/mol. The highest BCUT2D eigenvalue weighted by Crippen LogP contribution is 2.51. The van der Waals surface area contributed by atoms with Crippen LogP contribution < -0.4 is 9.80 Å². The van der Waals surface area contributed by atoms with E-state index in [0.717, 1.165) is 17.1 Å². The fourth-order valence-corrected chi connectivity index (χ4v) is 5.81. The van der Waals surface area contributed by atoms with Gasteiger partial charge in [0.1, 0.15) is 0 Å². The monoisotopic (exact) mass is 500 g/mol. The van der Waals surface area contributed by atoms with Gasteiger partial charge in [0.05, 0.1) is 6.04 Å². The number of nitrogens with zero attached hydrogens (tertiary/aromatic N) is 2. The van der Waals surface area contributed by atoms with Crippen LogP contribution in [0.4, 0.5) is 28.4 Å². The topological polar surface area (TPSA) is 6.48 Å². The molecule has 6 aromatic carbocycles. The smallest absolute Gasteiger partial charge is 0.0857 e. The minimum atomic E-state index is 0.0364. The van der Waals surface area contributed by atoms with E-state index in [0.29, 0.717) is 0 Å². The van der Waals surface area contributed by atoms with E-state index < -0.39 is 0 Å². The number of benzene rings is 6. The number of hydrogen-bond acceptors (Lipinski definition) is 2. The maximum Gasteiger partial charge on any atom is 0.0857 e. The maximum absolute atomic E-state index is 2.48. The molecule has 7 rings (SSSR count). The Bertz CT molecular complexity index is 1620. The molecule has 39 heavy (non-hydrogen) atoms. The summed E-state index contributed by atoms with van der Waals surface area (Å²) in [4.78, 5) is 4.82. The van der Waals surface area contributed by atoms with Gasteiger partial charge in [0.2, 0.25) is 0 Å². The fraction of sp³-hybridized carbons (Fsp3) is 0.0270. The van der Waals surface area contributed by atoms with Crippen LogP contribution in [0, 0.1) is 0 Å². The number of hydrogen-bond donors (Lipinski definition) is 0. The predicted molar refractivity (Wildman–Crippen MR) is 163 cm³/mol. The van der Waals surface area contributed by atoms with Crippen LogP contribution in [0.3, 0.4) is 0 Å². The minimum Gasteiger partial charge on any atom is -0.330 e. The van der Waals surface area contributed by atoms with Crippen LogP contribution >= 0.6 is 0 Å². The Balaban J connectivity index is 1.45. The summed E-state index contributed by atoms with van der Waals surface area (Å²) in [6.07, 6.45) is 0. The van der Waals surface area contributed by atoms with Crippen LogP contribution in [0.5, 0.6) is 0 Å². The van der Waals surface area contributed by atoms with Crippen molar-refractivity contribution in [2.24, 2.45) is 0 Å². The molecular weight excluding hydrogens is 472 g/mol. The van der Waals surface area contributed by atoms with E-state index in [9.17, 15) is 0 Å². The molecule has 186 valence electrons. The Kier molecular flexibility index (Phi) is 5.91. The summed E-state index contributed by atoms with van der Waals surface area (Å²) in [6.45, 7) is 0. The fourth-order valence-electron chi connectivity index (χ4n) is 5.81. The number of rotatable bonds is 6. The van der Waals surface area contributed by atoms with Crippen LogP contribution in [-0.4, -0.2) is 0 Å². The first kappa shape index (κ1) is 23.1. The standard InChI is InChI=1S/C37H28N2/c1-5-15-28(16-6-1)38(29-17-7-2-8-18-29)32-25-26-34-33-23-13-14-24-35(33)37(36(34)27-32)39(30-19-9-3-10-20-30)31-21-11-4-12-22-31/h1-27,37H. The summed E-state index contributed by atoms with van der Waals surface area (Å²) in [5, 5.41) is 0. The Hall–Kier alpha value is -5.08. The molecule has 0 aliphatic heterocycles. The van der Waals surface area contributed by atoms with Crippen molar-refractivity contribution in [2.75, 3.05) is 9.80 Å². The van der Waals surface area contributed by atoms with Gasteiger partial charge in [0.15, 0.2) is 0 Å². The third kappa shape index (κ3) is 4.17. The average Bonchev–Trinajstić information content (AvgIpc) is 3.33. The second-order valence-corrected chi connectivity index (χ2v) is 9.81. The largest absolute Gasteiger partial charge is 0.330 e. The zero-order valence-corrected chi connectivity index (χ0v) is 21.6. The van der Waals surface area contributed by atoms with E-state index in [2.05, 4.69) is 174 Å². The normalized spacial score (nSPS) is 13.4. The van der Waals surface area contributed by atoms with Crippen molar-refractivity contribution in [3.05, 3.63) is 175 Å². The molecule has 0 saturated carbocycles. The van der Waals surface area contributed by atoms with Gasteiger partial charge in [-0.15, -0.1) is 0 Å². The van der Waals surface area contributed by atoms with Gasteiger partial charge in [-0.3, -0.25) is 0 Å². The first-order valence-electron chi connectivity index (χ1n) is 13.4. The van der Waals surface area contributed by atoms with Gasteiger partial charge < -0.3 is 9.80 Å². The number of fused-ring (bicyclic) bond motifs is 3. The van der Waals surface area contributed by atoms with Crippen molar-refractivity contribution in [2.45, 2.75) is 6.04 Å². The van der Waals surface area contributed by atoms with Crippen LogP contribution in [0.1, 0.15) is 17.2 Å². The lowest BCUT2D eigenvalue weighted by Crippen LogP contribution is -2.23. The van der Waals surface area contributed by atoms with Gasteiger partial charge >= 0.3 is 0 Å². The summed E-state index contributed by atoms with van der Waals surface area (Å²) < 4.78 is 0. The molecule has 0 aromatic heterocycles. The van der Waals surface area contributed by atoms with E-state index in [1.165, 1.54) is 33.6 Å². The van der Waals surface area contributed by atoms with E-state index in [1.54, 1.807) is 0 Å². The van der Waals surface area contributed by atoms with Crippen LogP contribution in [-0.2, 0) is 0 Å². The molecule has 0 amide bonds. The van der Waals surface area contributed by atoms with Crippen molar-refractivity contribution < 1.29 is 0 Å². The molecule has 1 aliphatic rings. The highest BCUT2D eigenvalue weighted by atomic mass is 15.2. The molecule has 2 heteroatoms. The summed E-state index contributed by atoms with van der Waals surface area (Å²) >= 11 is 0. The molecule has 1 atom stereocenters. The first-order chi connectivity index (χ1) is 19.4. The molecular formula is C37H28N2. The lowest BCUT2D eigenvalue weighted by molar-refractivity contribution is 0.842. The lowest BCUT2D eigenvalue weighted by Gasteiger charge is -2.33. The van der Waals surface area contributed by atoms with E-state index in [-0.39, 0.29) is 6.04 Å². The second-order valence-electron chi connectivity index (χ2n) is 9.81. The van der Waals surface area contributed by atoms with Crippen LogP contribution in [0.15, 0.2) is 164 Å². The highest BCUT2D eigenvalue weighted by molar-refractivity contribution is 5.86. The van der Waals surface area contributed by atoms with E-state index >= 15 is 0 Å². The summed E-state index contributed by atoms with van der Waals surface area (Å²) in [7, 11) is 0.